The van der Waals surface area contributed by atoms with Crippen molar-refractivity contribution < 1.29 is 13.9 Å². The number of piperidine rings is 1. The number of hydrogen-bond donors (Lipinski definition) is 2. The van der Waals surface area contributed by atoms with Crippen LogP contribution in [-0.2, 0) is 13.1 Å². The summed E-state index contributed by atoms with van der Waals surface area (Å²) >= 11 is 1.41. The first-order valence-electron chi connectivity index (χ1n) is 12.7. The van der Waals surface area contributed by atoms with Gasteiger partial charge >= 0.3 is 0 Å². The predicted molar refractivity (Wildman–Crippen MR) is 145 cm³/mol. The summed E-state index contributed by atoms with van der Waals surface area (Å²) in [5.74, 6) is -0.762. The molecule has 0 atom stereocenters. The Labute approximate surface area is 227 Å². The largest absolute Gasteiger partial charge is 0.393 e. The molecule has 39 heavy (non-hydrogen) atoms. The van der Waals surface area contributed by atoms with E-state index in [0.717, 1.165) is 58.9 Å². The fourth-order valence-electron chi connectivity index (χ4n) is 4.80. The van der Waals surface area contributed by atoms with Crippen molar-refractivity contribution in [2.24, 2.45) is 0 Å². The third-order valence-electron chi connectivity index (χ3n) is 6.81. The van der Waals surface area contributed by atoms with Gasteiger partial charge in [0.2, 0.25) is 11.9 Å². The number of aromatic nitrogens is 6. The number of halogens is 2. The minimum atomic E-state index is -0.556. The maximum Gasteiger partial charge on any atom is 0.223 e. The van der Waals surface area contributed by atoms with Crippen LogP contribution in [0.3, 0.4) is 0 Å². The Kier molecular flexibility index (Phi) is 7.22. The number of likely N-dealkylation sites (tertiary alicyclic amines) is 1. The maximum absolute atomic E-state index is 14.9. The monoisotopic (exact) mass is 548 g/mol. The molecule has 1 aliphatic heterocycles. The normalized spacial score (nSPS) is 14.7. The topological polar surface area (TPSA) is 105 Å². The lowest BCUT2D eigenvalue weighted by atomic mass is 9.99. The van der Waals surface area contributed by atoms with E-state index in [2.05, 4.69) is 35.5 Å². The summed E-state index contributed by atoms with van der Waals surface area (Å²) in [6.45, 7) is 3.21. The predicted octanol–water partition coefficient (Wildman–Crippen LogP) is 4.36. The first kappa shape index (κ1) is 25.4. The van der Waals surface area contributed by atoms with Crippen LogP contribution in [0, 0.1) is 11.8 Å². The second-order valence-corrected chi connectivity index (χ2v) is 10.5. The molecule has 0 spiro atoms. The number of aliphatic hydroxyl groups excluding tert-OH is 1. The van der Waals surface area contributed by atoms with Crippen molar-refractivity contribution in [2.45, 2.75) is 32.0 Å². The molecule has 0 aliphatic carbocycles. The van der Waals surface area contributed by atoms with Gasteiger partial charge in [0.15, 0.2) is 5.82 Å². The minimum absolute atomic E-state index is 0.202. The Morgan fingerprint density at radius 2 is 1.95 bits per heavy atom. The van der Waals surface area contributed by atoms with Crippen molar-refractivity contribution in [3.8, 4) is 21.7 Å². The van der Waals surface area contributed by atoms with Gasteiger partial charge in [0, 0.05) is 54.9 Å². The molecule has 2 N–H and O–H groups in total. The Hall–Kier alpha value is -3.87. The minimum Gasteiger partial charge on any atom is -0.393 e. The lowest BCUT2D eigenvalue weighted by molar-refractivity contribution is 0.0792. The molecule has 4 aromatic heterocycles. The molecule has 0 amide bonds. The van der Waals surface area contributed by atoms with E-state index in [4.69, 9.17) is 0 Å². The summed E-state index contributed by atoms with van der Waals surface area (Å²) < 4.78 is 31.9. The highest BCUT2D eigenvalue weighted by atomic mass is 32.1. The summed E-state index contributed by atoms with van der Waals surface area (Å²) in [7, 11) is 0. The number of hydrogen-bond acceptors (Lipinski definition) is 9. The fourth-order valence-corrected chi connectivity index (χ4v) is 5.98. The van der Waals surface area contributed by atoms with E-state index >= 15 is 0 Å². The standard InChI is InChI=1S/C27H26F2N8OS/c28-22-15-32-27(30-6-10-37-11-7-33-35-37)34-25(22)23-12-17-2-1-3-20(26(17)39-23)21-13-24(29)31-14-18(21)16-36-8-4-19(38)5-9-36/h1-3,7,11-15,19,38H,4-6,8-10,16H2,(H,30,32,34). The molecule has 1 saturated heterocycles. The van der Waals surface area contributed by atoms with E-state index < -0.39 is 11.8 Å². The van der Waals surface area contributed by atoms with Crippen molar-refractivity contribution in [1.82, 2.24) is 34.8 Å². The number of anilines is 1. The van der Waals surface area contributed by atoms with Crippen molar-refractivity contribution >= 4 is 27.4 Å². The average molecular weight is 549 g/mol. The number of rotatable bonds is 8. The second-order valence-electron chi connectivity index (χ2n) is 9.49. The average Bonchev–Trinajstić information content (AvgIpc) is 3.62. The third kappa shape index (κ3) is 5.63. The molecular formula is C27H26F2N8OS. The molecule has 0 unspecified atom stereocenters. The molecule has 0 saturated carbocycles. The van der Waals surface area contributed by atoms with Crippen LogP contribution in [0.25, 0.3) is 31.8 Å². The van der Waals surface area contributed by atoms with Gasteiger partial charge in [-0.15, -0.1) is 16.4 Å². The molecule has 0 bridgehead atoms. The van der Waals surface area contributed by atoms with Gasteiger partial charge in [-0.2, -0.15) is 4.39 Å². The molecule has 1 aromatic carbocycles. The molecule has 5 heterocycles. The molecule has 6 rings (SSSR count). The number of thiophene rings is 1. The van der Waals surface area contributed by atoms with E-state index in [1.807, 2.05) is 24.3 Å². The van der Waals surface area contributed by atoms with E-state index in [9.17, 15) is 13.9 Å². The quantitative estimate of drug-likeness (QED) is 0.276. The van der Waals surface area contributed by atoms with Crippen LogP contribution >= 0.6 is 11.3 Å². The summed E-state index contributed by atoms with van der Waals surface area (Å²) in [6.07, 6.45) is 7.28. The van der Waals surface area contributed by atoms with Gasteiger partial charge in [0.25, 0.3) is 0 Å². The Balaban J connectivity index is 1.31. The summed E-state index contributed by atoms with van der Waals surface area (Å²) in [4.78, 5) is 15.3. The van der Waals surface area contributed by atoms with Gasteiger partial charge in [-0.25, -0.2) is 19.3 Å². The van der Waals surface area contributed by atoms with Crippen LogP contribution in [0.1, 0.15) is 18.4 Å². The summed E-state index contributed by atoms with van der Waals surface area (Å²) in [5, 5.41) is 21.6. The number of pyridine rings is 1. The van der Waals surface area contributed by atoms with Crippen molar-refractivity contribution in [3.05, 3.63) is 72.4 Å². The first-order chi connectivity index (χ1) is 19.0. The van der Waals surface area contributed by atoms with Crippen LogP contribution in [0.5, 0.6) is 0 Å². The SMILES string of the molecule is OC1CCN(Cc2cnc(F)cc2-c2cccc3cc(-c4nc(NCCn5ccnn5)ncc4F)sc23)CC1. The van der Waals surface area contributed by atoms with Crippen LogP contribution in [0.15, 0.2) is 55.1 Å². The maximum atomic E-state index is 14.9. The van der Waals surface area contributed by atoms with Gasteiger partial charge < -0.3 is 10.4 Å². The molecule has 0 radical (unpaired) electrons. The summed E-state index contributed by atoms with van der Waals surface area (Å²) in [6, 6.07) is 9.19. The molecule has 200 valence electrons. The Morgan fingerprint density at radius 3 is 2.77 bits per heavy atom. The van der Waals surface area contributed by atoms with E-state index in [1.165, 1.54) is 17.4 Å². The van der Waals surface area contributed by atoms with Crippen LogP contribution in [0.2, 0.25) is 0 Å². The lowest BCUT2D eigenvalue weighted by Crippen LogP contribution is -2.35. The highest BCUT2D eigenvalue weighted by Gasteiger charge is 2.21. The third-order valence-corrected chi connectivity index (χ3v) is 8.00. The zero-order chi connectivity index (χ0) is 26.8. The van der Waals surface area contributed by atoms with Crippen molar-refractivity contribution in [1.29, 1.82) is 0 Å². The van der Waals surface area contributed by atoms with E-state index in [1.54, 1.807) is 23.3 Å². The van der Waals surface area contributed by atoms with Gasteiger partial charge in [-0.1, -0.05) is 23.4 Å². The Morgan fingerprint density at radius 1 is 1.08 bits per heavy atom. The van der Waals surface area contributed by atoms with Crippen LogP contribution in [0.4, 0.5) is 14.7 Å². The first-order valence-corrected chi connectivity index (χ1v) is 13.5. The van der Waals surface area contributed by atoms with Gasteiger partial charge in [0.05, 0.1) is 29.9 Å². The van der Waals surface area contributed by atoms with Gasteiger partial charge in [0.1, 0.15) is 5.69 Å². The number of fused-ring (bicyclic) bond motifs is 1. The molecule has 5 aromatic rings. The number of aliphatic hydroxyl groups is 1. The molecule has 1 aliphatic rings. The molecule has 1 fully saturated rings. The number of nitrogens with zero attached hydrogens (tertiary/aromatic N) is 7. The number of nitrogens with one attached hydrogen (secondary N) is 1. The van der Waals surface area contributed by atoms with Gasteiger partial charge in [-0.05, 0) is 35.4 Å². The summed E-state index contributed by atoms with van der Waals surface area (Å²) in [5.41, 5.74) is 2.72. The Bertz CT molecular complexity index is 1580. The van der Waals surface area contributed by atoms with E-state index in [-0.39, 0.29) is 11.8 Å². The van der Waals surface area contributed by atoms with Crippen molar-refractivity contribution in [2.75, 3.05) is 25.0 Å². The number of benzene rings is 1. The van der Waals surface area contributed by atoms with Crippen LogP contribution in [-0.4, -0.2) is 65.7 Å². The highest BCUT2D eigenvalue weighted by molar-refractivity contribution is 7.22. The second kappa shape index (κ2) is 11.1. The molecule has 9 nitrogen and oxygen atoms in total. The van der Waals surface area contributed by atoms with Crippen LogP contribution < -0.4 is 5.32 Å². The zero-order valence-electron chi connectivity index (χ0n) is 21.0. The van der Waals surface area contributed by atoms with E-state index in [0.29, 0.717) is 30.5 Å². The van der Waals surface area contributed by atoms with Gasteiger partial charge in [-0.3, -0.25) is 9.58 Å². The lowest BCUT2D eigenvalue weighted by Gasteiger charge is -2.30. The smallest absolute Gasteiger partial charge is 0.223 e. The molecule has 12 heteroatoms. The van der Waals surface area contributed by atoms with Crippen molar-refractivity contribution in [3.63, 3.8) is 0 Å². The highest BCUT2D eigenvalue weighted by Crippen LogP contribution is 2.40. The zero-order valence-corrected chi connectivity index (χ0v) is 21.8. The fraction of sp³-hybridized carbons (Fsp3) is 0.296. The molecular weight excluding hydrogens is 522 g/mol.